The van der Waals surface area contributed by atoms with Crippen LogP contribution in [0.4, 0.5) is 0 Å². The lowest BCUT2D eigenvalue weighted by Gasteiger charge is -1.96. The first-order valence-corrected chi connectivity index (χ1v) is 4.32. The summed E-state index contributed by atoms with van der Waals surface area (Å²) < 4.78 is 5.06. The standard InChI is InChI=1S/C11H13NO2/c1-14-10-7-3-2-5-9(11(12)13)6-4-8-10/h2-4,6-8H,5H2,1H3,(H2,12,13)/b3-2-,8-4+,9-6+,10-7+. The van der Waals surface area contributed by atoms with Gasteiger partial charge in [-0.15, -0.1) is 0 Å². The smallest absolute Gasteiger partial charge is 0.244 e. The number of nitrogens with two attached hydrogens (primary N) is 1. The number of allylic oxidation sites excluding steroid dienone is 6. The fraction of sp³-hybridized carbons (Fsp3) is 0.182. The first-order chi connectivity index (χ1) is 6.74. The van der Waals surface area contributed by atoms with Gasteiger partial charge in [-0.1, -0.05) is 24.3 Å². The minimum atomic E-state index is -0.389. The summed E-state index contributed by atoms with van der Waals surface area (Å²) >= 11 is 0. The third-order valence-electron chi connectivity index (χ3n) is 1.84. The first kappa shape index (κ1) is 10.3. The Morgan fingerprint density at radius 1 is 1.43 bits per heavy atom. The zero-order valence-electron chi connectivity index (χ0n) is 8.07. The van der Waals surface area contributed by atoms with Crippen molar-refractivity contribution in [3.8, 4) is 0 Å². The Morgan fingerprint density at radius 2 is 2.21 bits per heavy atom. The van der Waals surface area contributed by atoms with E-state index in [2.05, 4.69) is 0 Å². The molecule has 3 heteroatoms. The highest BCUT2D eigenvalue weighted by Crippen LogP contribution is 2.07. The summed E-state index contributed by atoms with van der Waals surface area (Å²) in [5.41, 5.74) is 5.77. The number of methoxy groups -OCH3 is 1. The van der Waals surface area contributed by atoms with Gasteiger partial charge in [-0.05, 0) is 18.6 Å². The molecule has 0 spiro atoms. The highest BCUT2D eigenvalue weighted by Gasteiger charge is 2.01. The van der Waals surface area contributed by atoms with Crippen molar-refractivity contribution < 1.29 is 9.53 Å². The molecule has 1 aliphatic carbocycles. The van der Waals surface area contributed by atoms with E-state index in [9.17, 15) is 4.79 Å². The Labute approximate surface area is 83.2 Å². The Morgan fingerprint density at radius 3 is 2.86 bits per heavy atom. The molecule has 0 saturated carbocycles. The van der Waals surface area contributed by atoms with Crippen LogP contribution in [-0.4, -0.2) is 13.0 Å². The summed E-state index contributed by atoms with van der Waals surface area (Å²) in [5, 5.41) is 0. The fourth-order valence-electron chi connectivity index (χ4n) is 1.06. The largest absolute Gasteiger partial charge is 0.497 e. The van der Waals surface area contributed by atoms with Gasteiger partial charge in [-0.3, -0.25) is 4.79 Å². The molecule has 0 aliphatic heterocycles. The van der Waals surface area contributed by atoms with E-state index in [0.29, 0.717) is 12.0 Å². The average molecular weight is 191 g/mol. The monoisotopic (exact) mass is 191 g/mol. The highest BCUT2D eigenvalue weighted by atomic mass is 16.5. The van der Waals surface area contributed by atoms with Crippen LogP contribution in [0.15, 0.2) is 47.8 Å². The third-order valence-corrected chi connectivity index (χ3v) is 1.84. The van der Waals surface area contributed by atoms with Crippen LogP contribution >= 0.6 is 0 Å². The predicted molar refractivity (Wildman–Crippen MR) is 55.3 cm³/mol. The maximum absolute atomic E-state index is 10.9. The van der Waals surface area contributed by atoms with E-state index in [1.165, 1.54) is 0 Å². The van der Waals surface area contributed by atoms with Crippen LogP contribution in [0.3, 0.4) is 0 Å². The van der Waals surface area contributed by atoms with Crippen molar-refractivity contribution in [2.75, 3.05) is 7.11 Å². The third kappa shape index (κ3) is 2.94. The molecule has 3 nitrogen and oxygen atoms in total. The summed E-state index contributed by atoms with van der Waals surface area (Å²) in [7, 11) is 1.60. The molecule has 0 heterocycles. The van der Waals surface area contributed by atoms with Crippen LogP contribution in [-0.2, 0) is 9.53 Å². The summed E-state index contributed by atoms with van der Waals surface area (Å²) in [5.74, 6) is 0.350. The molecule has 2 N–H and O–H groups in total. The van der Waals surface area contributed by atoms with Crippen LogP contribution in [0.5, 0.6) is 0 Å². The van der Waals surface area contributed by atoms with Crippen LogP contribution < -0.4 is 5.73 Å². The molecule has 0 radical (unpaired) electrons. The van der Waals surface area contributed by atoms with Gasteiger partial charge >= 0.3 is 0 Å². The van der Waals surface area contributed by atoms with E-state index < -0.39 is 0 Å². The molecule has 0 saturated heterocycles. The van der Waals surface area contributed by atoms with Gasteiger partial charge in [0.2, 0.25) is 5.91 Å². The molecule has 0 aromatic heterocycles. The molecular weight excluding hydrogens is 178 g/mol. The molecule has 0 fully saturated rings. The van der Waals surface area contributed by atoms with Crippen molar-refractivity contribution in [1.82, 2.24) is 0 Å². The number of amides is 1. The number of carbonyl (C=O) groups is 1. The van der Waals surface area contributed by atoms with Crippen molar-refractivity contribution in [2.45, 2.75) is 6.42 Å². The zero-order chi connectivity index (χ0) is 10.4. The van der Waals surface area contributed by atoms with Gasteiger partial charge in [0.05, 0.1) is 7.11 Å². The Bertz CT molecular complexity index is 335. The molecule has 0 aromatic carbocycles. The zero-order valence-corrected chi connectivity index (χ0v) is 8.07. The fourth-order valence-corrected chi connectivity index (χ4v) is 1.06. The highest BCUT2D eigenvalue weighted by molar-refractivity contribution is 5.92. The number of carbonyl (C=O) groups excluding carboxylic acids is 1. The minimum Gasteiger partial charge on any atom is -0.497 e. The number of rotatable bonds is 2. The number of ether oxygens (including phenoxy) is 1. The summed E-state index contributed by atoms with van der Waals surface area (Å²) in [6, 6.07) is 0. The van der Waals surface area contributed by atoms with Gasteiger partial charge in [0.1, 0.15) is 5.76 Å². The SMILES string of the molecule is COC1=C/C=C\C/C(C(N)=O)=C\C=C\1. The van der Waals surface area contributed by atoms with Crippen LogP contribution in [0.25, 0.3) is 0 Å². The van der Waals surface area contributed by atoms with Crippen molar-refractivity contribution in [1.29, 1.82) is 0 Å². The van der Waals surface area contributed by atoms with Gasteiger partial charge in [0.15, 0.2) is 0 Å². The van der Waals surface area contributed by atoms with Gasteiger partial charge in [0, 0.05) is 5.57 Å². The molecule has 1 rings (SSSR count). The second-order valence-corrected chi connectivity index (χ2v) is 2.82. The quantitative estimate of drug-likeness (QED) is 0.718. The van der Waals surface area contributed by atoms with Crippen molar-refractivity contribution in [3.63, 3.8) is 0 Å². The van der Waals surface area contributed by atoms with E-state index in [-0.39, 0.29) is 5.91 Å². The number of hydrogen-bond acceptors (Lipinski definition) is 2. The van der Waals surface area contributed by atoms with Gasteiger partial charge in [-0.2, -0.15) is 0 Å². The molecule has 74 valence electrons. The molecule has 0 aromatic rings. The number of primary amides is 1. The van der Waals surface area contributed by atoms with Crippen LogP contribution in [0, 0.1) is 0 Å². The van der Waals surface area contributed by atoms with E-state index in [1.54, 1.807) is 25.3 Å². The topological polar surface area (TPSA) is 52.3 Å². The minimum absolute atomic E-state index is 0.389. The average Bonchev–Trinajstić information content (AvgIpc) is 2.28. The normalized spacial score (nSPS) is 28.1. The molecule has 1 aliphatic rings. The molecule has 14 heavy (non-hydrogen) atoms. The summed E-state index contributed by atoms with van der Waals surface area (Å²) in [4.78, 5) is 10.9. The van der Waals surface area contributed by atoms with E-state index in [4.69, 9.17) is 10.5 Å². The molecule has 0 bridgehead atoms. The summed E-state index contributed by atoms with van der Waals surface area (Å²) in [6.07, 6.45) is 11.3. The van der Waals surface area contributed by atoms with Gasteiger partial charge in [0.25, 0.3) is 0 Å². The van der Waals surface area contributed by atoms with Crippen molar-refractivity contribution >= 4 is 5.91 Å². The maximum Gasteiger partial charge on any atom is 0.244 e. The molecular formula is C11H13NO2. The van der Waals surface area contributed by atoms with E-state index in [1.807, 2.05) is 18.2 Å². The van der Waals surface area contributed by atoms with E-state index >= 15 is 0 Å². The summed E-state index contributed by atoms with van der Waals surface area (Å²) in [6.45, 7) is 0. The van der Waals surface area contributed by atoms with Crippen LogP contribution in [0.2, 0.25) is 0 Å². The second kappa shape index (κ2) is 5.07. The van der Waals surface area contributed by atoms with Crippen LogP contribution in [0.1, 0.15) is 6.42 Å². The van der Waals surface area contributed by atoms with Gasteiger partial charge < -0.3 is 10.5 Å². The first-order valence-electron chi connectivity index (χ1n) is 4.32. The Kier molecular flexibility index (Phi) is 3.73. The molecule has 0 unspecified atom stereocenters. The number of hydrogen-bond donors (Lipinski definition) is 1. The van der Waals surface area contributed by atoms with Crippen molar-refractivity contribution in [3.05, 3.63) is 47.8 Å². The van der Waals surface area contributed by atoms with Crippen molar-refractivity contribution in [2.24, 2.45) is 5.73 Å². The molecule has 1 amide bonds. The van der Waals surface area contributed by atoms with E-state index in [0.717, 1.165) is 5.76 Å². The second-order valence-electron chi connectivity index (χ2n) is 2.82. The maximum atomic E-state index is 10.9. The lowest BCUT2D eigenvalue weighted by Crippen LogP contribution is -2.13. The lowest BCUT2D eigenvalue weighted by molar-refractivity contribution is -0.114. The lowest BCUT2D eigenvalue weighted by atomic mass is 10.1. The predicted octanol–water partition coefficient (Wildman–Crippen LogP) is 1.44. The molecule has 0 atom stereocenters. The van der Waals surface area contributed by atoms with Gasteiger partial charge in [-0.25, -0.2) is 0 Å². The Balaban J connectivity index is 2.88. The Hall–Kier alpha value is -1.77.